The van der Waals surface area contributed by atoms with Gasteiger partial charge in [-0.1, -0.05) is 12.1 Å². The number of thioether (sulfide) groups is 1. The highest BCUT2D eigenvalue weighted by Crippen LogP contribution is 2.30. The van der Waals surface area contributed by atoms with Crippen LogP contribution in [-0.4, -0.2) is 11.5 Å². The average Bonchev–Trinajstić information content (AvgIpc) is 2.34. The standard InChI is InChI=1S/C14H20FNS/c1-10-2-3-12(9-13(10)15)14(16)8-11-4-6-17-7-5-11/h2-3,9,11,14H,4-8,16H2,1H3. The van der Waals surface area contributed by atoms with Gasteiger partial charge in [-0.25, -0.2) is 4.39 Å². The summed E-state index contributed by atoms with van der Waals surface area (Å²) >= 11 is 2.03. The molecule has 1 aliphatic heterocycles. The first-order chi connectivity index (χ1) is 8.16. The number of benzene rings is 1. The third kappa shape index (κ3) is 3.46. The Morgan fingerprint density at radius 1 is 1.41 bits per heavy atom. The topological polar surface area (TPSA) is 26.0 Å². The van der Waals surface area contributed by atoms with Crippen molar-refractivity contribution >= 4 is 11.8 Å². The van der Waals surface area contributed by atoms with Crippen molar-refractivity contribution in [1.29, 1.82) is 0 Å². The van der Waals surface area contributed by atoms with Gasteiger partial charge in [0.05, 0.1) is 0 Å². The van der Waals surface area contributed by atoms with E-state index in [9.17, 15) is 4.39 Å². The fraction of sp³-hybridized carbons (Fsp3) is 0.571. The van der Waals surface area contributed by atoms with Crippen LogP contribution in [0.3, 0.4) is 0 Å². The van der Waals surface area contributed by atoms with E-state index in [0.717, 1.165) is 17.9 Å². The normalized spacial score (nSPS) is 19.2. The summed E-state index contributed by atoms with van der Waals surface area (Å²) in [6, 6.07) is 5.36. The van der Waals surface area contributed by atoms with E-state index in [-0.39, 0.29) is 11.9 Å². The Morgan fingerprint density at radius 2 is 2.12 bits per heavy atom. The van der Waals surface area contributed by atoms with Crippen molar-refractivity contribution in [2.45, 2.75) is 32.2 Å². The van der Waals surface area contributed by atoms with E-state index in [0.29, 0.717) is 5.56 Å². The minimum absolute atomic E-state index is 0.0156. The van der Waals surface area contributed by atoms with E-state index in [1.165, 1.54) is 24.3 Å². The molecule has 1 saturated heterocycles. The van der Waals surface area contributed by atoms with Crippen molar-refractivity contribution in [3.8, 4) is 0 Å². The predicted octanol–water partition coefficient (Wildman–Crippen LogP) is 3.67. The largest absolute Gasteiger partial charge is 0.324 e. The number of aryl methyl sites for hydroxylation is 1. The summed E-state index contributed by atoms with van der Waals surface area (Å²) in [5, 5.41) is 0. The van der Waals surface area contributed by atoms with Crippen LogP contribution >= 0.6 is 11.8 Å². The van der Waals surface area contributed by atoms with Crippen LogP contribution < -0.4 is 5.73 Å². The molecule has 94 valence electrons. The van der Waals surface area contributed by atoms with Crippen molar-refractivity contribution < 1.29 is 4.39 Å². The van der Waals surface area contributed by atoms with Gasteiger partial charge in [0.25, 0.3) is 0 Å². The fourth-order valence-electron chi connectivity index (χ4n) is 2.32. The van der Waals surface area contributed by atoms with Crippen LogP contribution in [0.1, 0.15) is 36.4 Å². The van der Waals surface area contributed by atoms with Gasteiger partial charge >= 0.3 is 0 Å². The smallest absolute Gasteiger partial charge is 0.126 e. The van der Waals surface area contributed by atoms with Crippen LogP contribution in [0, 0.1) is 18.7 Å². The van der Waals surface area contributed by atoms with E-state index >= 15 is 0 Å². The maximum Gasteiger partial charge on any atom is 0.126 e. The van der Waals surface area contributed by atoms with Crippen molar-refractivity contribution in [3.63, 3.8) is 0 Å². The summed E-state index contributed by atoms with van der Waals surface area (Å²) < 4.78 is 13.5. The minimum Gasteiger partial charge on any atom is -0.324 e. The molecule has 1 aromatic rings. The second kappa shape index (κ2) is 5.87. The number of nitrogens with two attached hydrogens (primary N) is 1. The number of hydrogen-bond donors (Lipinski definition) is 1. The second-order valence-corrected chi connectivity index (χ2v) is 6.13. The van der Waals surface area contributed by atoms with Gasteiger partial charge in [0.1, 0.15) is 5.82 Å². The van der Waals surface area contributed by atoms with E-state index in [2.05, 4.69) is 0 Å². The second-order valence-electron chi connectivity index (χ2n) is 4.91. The van der Waals surface area contributed by atoms with Crippen molar-refractivity contribution in [2.75, 3.05) is 11.5 Å². The average molecular weight is 253 g/mol. The summed E-state index contributed by atoms with van der Waals surface area (Å²) in [6.07, 6.45) is 3.50. The van der Waals surface area contributed by atoms with Crippen LogP contribution in [0.2, 0.25) is 0 Å². The Balaban J connectivity index is 1.98. The summed E-state index contributed by atoms with van der Waals surface area (Å²) in [5.41, 5.74) is 7.80. The molecule has 0 aromatic heterocycles. The SMILES string of the molecule is Cc1ccc(C(N)CC2CCSCC2)cc1F. The number of halogens is 1. The van der Waals surface area contributed by atoms with Crippen LogP contribution in [0.15, 0.2) is 18.2 Å². The third-order valence-corrected chi connectivity index (χ3v) is 4.60. The van der Waals surface area contributed by atoms with Gasteiger partial charge in [-0.05, 0) is 60.8 Å². The molecule has 1 unspecified atom stereocenters. The molecule has 1 fully saturated rings. The Bertz CT molecular complexity index is 374. The van der Waals surface area contributed by atoms with Crippen molar-refractivity contribution in [1.82, 2.24) is 0 Å². The molecule has 0 saturated carbocycles. The molecule has 0 aliphatic carbocycles. The maximum atomic E-state index is 13.5. The molecule has 0 radical (unpaired) electrons. The van der Waals surface area contributed by atoms with Gasteiger partial charge in [0, 0.05) is 6.04 Å². The Hall–Kier alpha value is -0.540. The third-order valence-electron chi connectivity index (χ3n) is 3.55. The van der Waals surface area contributed by atoms with Crippen molar-refractivity contribution in [3.05, 3.63) is 35.1 Å². The molecule has 1 atom stereocenters. The molecule has 1 nitrogen and oxygen atoms in total. The minimum atomic E-state index is -0.142. The van der Waals surface area contributed by atoms with Gasteiger partial charge < -0.3 is 5.73 Å². The molecule has 17 heavy (non-hydrogen) atoms. The first-order valence-electron chi connectivity index (χ1n) is 6.26. The summed E-state index contributed by atoms with van der Waals surface area (Å²) in [4.78, 5) is 0. The lowest BCUT2D eigenvalue weighted by Gasteiger charge is -2.24. The van der Waals surface area contributed by atoms with E-state index < -0.39 is 0 Å². The lowest BCUT2D eigenvalue weighted by molar-refractivity contribution is 0.412. The zero-order valence-electron chi connectivity index (χ0n) is 10.3. The first kappa shape index (κ1) is 12.9. The molecule has 0 bridgehead atoms. The Labute approximate surface area is 107 Å². The molecule has 0 amide bonds. The van der Waals surface area contributed by atoms with E-state index in [4.69, 9.17) is 5.73 Å². The lowest BCUT2D eigenvalue weighted by atomic mass is 9.91. The van der Waals surface area contributed by atoms with Crippen LogP contribution in [0.25, 0.3) is 0 Å². The van der Waals surface area contributed by atoms with Gasteiger partial charge in [0.2, 0.25) is 0 Å². The first-order valence-corrected chi connectivity index (χ1v) is 7.41. The quantitative estimate of drug-likeness (QED) is 0.889. The number of hydrogen-bond acceptors (Lipinski definition) is 2. The molecule has 2 N–H and O–H groups in total. The summed E-state index contributed by atoms with van der Waals surface area (Å²) in [5.74, 6) is 3.08. The van der Waals surface area contributed by atoms with E-state index in [1.54, 1.807) is 13.0 Å². The number of rotatable bonds is 3. The van der Waals surface area contributed by atoms with Gasteiger partial charge in [-0.15, -0.1) is 0 Å². The predicted molar refractivity (Wildman–Crippen MR) is 72.7 cm³/mol. The highest BCUT2D eigenvalue weighted by molar-refractivity contribution is 7.99. The van der Waals surface area contributed by atoms with E-state index in [1.807, 2.05) is 23.9 Å². The molecule has 1 heterocycles. The highest BCUT2D eigenvalue weighted by atomic mass is 32.2. The maximum absolute atomic E-state index is 13.5. The van der Waals surface area contributed by atoms with Crippen LogP contribution in [-0.2, 0) is 0 Å². The van der Waals surface area contributed by atoms with Gasteiger partial charge in [0.15, 0.2) is 0 Å². The zero-order valence-corrected chi connectivity index (χ0v) is 11.1. The van der Waals surface area contributed by atoms with Crippen molar-refractivity contribution in [2.24, 2.45) is 11.7 Å². The molecule has 1 aromatic carbocycles. The molecule has 3 heteroatoms. The Kier molecular flexibility index (Phi) is 4.46. The lowest BCUT2D eigenvalue weighted by Crippen LogP contribution is -2.19. The fourth-order valence-corrected chi connectivity index (χ4v) is 3.52. The zero-order chi connectivity index (χ0) is 12.3. The monoisotopic (exact) mass is 253 g/mol. The molecule has 1 aliphatic rings. The highest BCUT2D eigenvalue weighted by Gasteiger charge is 2.18. The molecule has 2 rings (SSSR count). The molecular weight excluding hydrogens is 233 g/mol. The van der Waals surface area contributed by atoms with Gasteiger partial charge in [-0.2, -0.15) is 11.8 Å². The molecule has 0 spiro atoms. The van der Waals surface area contributed by atoms with Gasteiger partial charge in [-0.3, -0.25) is 0 Å². The Morgan fingerprint density at radius 3 is 2.76 bits per heavy atom. The molecular formula is C14H20FNS. The summed E-state index contributed by atoms with van der Waals surface area (Å²) in [6.45, 7) is 1.78. The van der Waals surface area contributed by atoms with Crippen LogP contribution in [0.5, 0.6) is 0 Å². The summed E-state index contributed by atoms with van der Waals surface area (Å²) in [7, 11) is 0. The van der Waals surface area contributed by atoms with Crippen LogP contribution in [0.4, 0.5) is 4.39 Å².